The van der Waals surface area contributed by atoms with E-state index in [4.69, 9.17) is 0 Å². The maximum Gasteiger partial charge on any atom is 0.116 e. The molecule has 0 unspecified atom stereocenters. The van der Waals surface area contributed by atoms with Gasteiger partial charge in [0, 0.05) is 23.7 Å². The van der Waals surface area contributed by atoms with E-state index in [1.807, 2.05) is 6.20 Å². The van der Waals surface area contributed by atoms with Crippen molar-refractivity contribution >= 4 is 10.8 Å². The molecule has 0 atom stereocenters. The van der Waals surface area contributed by atoms with Crippen molar-refractivity contribution in [1.29, 1.82) is 0 Å². The summed E-state index contributed by atoms with van der Waals surface area (Å²) >= 11 is 0. The molecule has 4 rings (SSSR count). The van der Waals surface area contributed by atoms with Crippen molar-refractivity contribution in [3.8, 4) is 11.3 Å². The fraction of sp³-hybridized carbons (Fsp3) is 0.0667. The van der Waals surface area contributed by atoms with E-state index in [1.165, 1.54) is 27.5 Å². The van der Waals surface area contributed by atoms with Crippen molar-refractivity contribution in [2.24, 2.45) is 0 Å². The SMILES string of the molecule is c1ccc2cc3c(cc2c1)Cc1cncnc1-3. The number of hydrogen-bond acceptors (Lipinski definition) is 2. The number of nitrogens with zero attached hydrogens (tertiary/aromatic N) is 2. The molecule has 0 radical (unpaired) electrons. The van der Waals surface area contributed by atoms with Crippen molar-refractivity contribution in [3.05, 3.63) is 60.0 Å². The van der Waals surface area contributed by atoms with E-state index in [2.05, 4.69) is 46.4 Å². The van der Waals surface area contributed by atoms with Crippen LogP contribution >= 0.6 is 0 Å². The highest BCUT2D eigenvalue weighted by Crippen LogP contribution is 2.36. The van der Waals surface area contributed by atoms with Gasteiger partial charge < -0.3 is 0 Å². The molecule has 1 heterocycles. The molecule has 0 fully saturated rings. The van der Waals surface area contributed by atoms with Gasteiger partial charge in [0.15, 0.2) is 0 Å². The van der Waals surface area contributed by atoms with Gasteiger partial charge in [-0.05, 0) is 22.4 Å². The zero-order chi connectivity index (χ0) is 11.2. The molecule has 1 aromatic heterocycles. The molecule has 0 saturated carbocycles. The smallest absolute Gasteiger partial charge is 0.116 e. The van der Waals surface area contributed by atoms with Crippen LogP contribution in [0, 0.1) is 0 Å². The molecule has 3 aromatic rings. The maximum absolute atomic E-state index is 4.40. The van der Waals surface area contributed by atoms with E-state index < -0.39 is 0 Å². The van der Waals surface area contributed by atoms with Gasteiger partial charge in [0.05, 0.1) is 5.69 Å². The second kappa shape index (κ2) is 3.14. The fourth-order valence-electron chi connectivity index (χ4n) is 2.59. The minimum absolute atomic E-state index is 0.955. The molecule has 0 saturated heterocycles. The second-order valence-electron chi connectivity index (χ2n) is 4.43. The lowest BCUT2D eigenvalue weighted by atomic mass is 10.0. The van der Waals surface area contributed by atoms with Gasteiger partial charge in [0.2, 0.25) is 0 Å². The molecule has 2 heteroatoms. The van der Waals surface area contributed by atoms with Gasteiger partial charge in [-0.3, -0.25) is 0 Å². The normalized spacial score (nSPS) is 12.5. The minimum atomic E-state index is 0.955. The van der Waals surface area contributed by atoms with Crippen LogP contribution in [0.3, 0.4) is 0 Å². The molecule has 2 nitrogen and oxygen atoms in total. The van der Waals surface area contributed by atoms with Gasteiger partial charge in [-0.15, -0.1) is 0 Å². The highest BCUT2D eigenvalue weighted by molar-refractivity contribution is 5.90. The quantitative estimate of drug-likeness (QED) is 0.453. The first-order valence-electron chi connectivity index (χ1n) is 5.73. The lowest BCUT2D eigenvalue weighted by Crippen LogP contribution is -1.85. The van der Waals surface area contributed by atoms with Crippen molar-refractivity contribution < 1.29 is 0 Å². The Bertz CT molecular complexity index is 732. The monoisotopic (exact) mass is 218 g/mol. The number of fused-ring (bicyclic) bond motifs is 4. The zero-order valence-electron chi connectivity index (χ0n) is 9.22. The Morgan fingerprint density at radius 2 is 1.76 bits per heavy atom. The van der Waals surface area contributed by atoms with Crippen LogP contribution < -0.4 is 0 Å². The van der Waals surface area contributed by atoms with Gasteiger partial charge in [0.25, 0.3) is 0 Å². The standard InChI is InChI=1S/C15H10N2/c1-2-4-11-7-14-12(5-10(11)3-1)6-13-8-16-9-17-15(13)14/h1-5,7-9H,6H2. The van der Waals surface area contributed by atoms with E-state index in [0.717, 1.165) is 12.1 Å². The fourth-order valence-corrected chi connectivity index (χ4v) is 2.59. The molecule has 0 aliphatic heterocycles. The Morgan fingerprint density at radius 1 is 0.941 bits per heavy atom. The van der Waals surface area contributed by atoms with E-state index in [1.54, 1.807) is 6.33 Å². The van der Waals surface area contributed by atoms with Gasteiger partial charge >= 0.3 is 0 Å². The first-order chi connectivity index (χ1) is 8.42. The van der Waals surface area contributed by atoms with Crippen molar-refractivity contribution in [2.45, 2.75) is 6.42 Å². The van der Waals surface area contributed by atoms with E-state index in [-0.39, 0.29) is 0 Å². The summed E-state index contributed by atoms with van der Waals surface area (Å²) in [6.45, 7) is 0. The van der Waals surface area contributed by atoms with Crippen LogP contribution in [-0.2, 0) is 6.42 Å². The van der Waals surface area contributed by atoms with Crippen molar-refractivity contribution in [1.82, 2.24) is 9.97 Å². The Morgan fingerprint density at radius 3 is 2.65 bits per heavy atom. The zero-order valence-corrected chi connectivity index (χ0v) is 9.22. The van der Waals surface area contributed by atoms with E-state index >= 15 is 0 Å². The van der Waals surface area contributed by atoms with Crippen LogP contribution in [0.25, 0.3) is 22.0 Å². The summed E-state index contributed by atoms with van der Waals surface area (Å²) in [7, 11) is 0. The van der Waals surface area contributed by atoms with Crippen LogP contribution in [0.15, 0.2) is 48.9 Å². The minimum Gasteiger partial charge on any atom is -0.244 e. The molecule has 80 valence electrons. The Labute approximate surface area is 99.0 Å². The topological polar surface area (TPSA) is 25.8 Å². The average molecular weight is 218 g/mol. The molecule has 1 aliphatic rings. The van der Waals surface area contributed by atoms with Gasteiger partial charge in [0.1, 0.15) is 6.33 Å². The van der Waals surface area contributed by atoms with Crippen molar-refractivity contribution in [3.63, 3.8) is 0 Å². The lowest BCUT2D eigenvalue weighted by Gasteiger charge is -2.03. The van der Waals surface area contributed by atoms with Crippen LogP contribution in [-0.4, -0.2) is 9.97 Å². The van der Waals surface area contributed by atoms with Crippen LogP contribution in [0.2, 0.25) is 0 Å². The molecular formula is C15H10N2. The van der Waals surface area contributed by atoms with Gasteiger partial charge in [-0.1, -0.05) is 30.3 Å². The summed E-state index contributed by atoms with van der Waals surface area (Å²) in [5, 5.41) is 2.57. The predicted octanol–water partition coefficient (Wildman–Crippen LogP) is 3.20. The average Bonchev–Trinajstić information content (AvgIpc) is 2.73. The third-order valence-corrected chi connectivity index (χ3v) is 3.40. The van der Waals surface area contributed by atoms with Gasteiger partial charge in [-0.2, -0.15) is 0 Å². The van der Waals surface area contributed by atoms with Crippen LogP contribution in [0.5, 0.6) is 0 Å². The predicted molar refractivity (Wildman–Crippen MR) is 67.8 cm³/mol. The van der Waals surface area contributed by atoms with Crippen LogP contribution in [0.4, 0.5) is 0 Å². The highest BCUT2D eigenvalue weighted by atomic mass is 14.8. The number of rotatable bonds is 0. The lowest BCUT2D eigenvalue weighted by molar-refractivity contribution is 1.12. The number of hydrogen-bond donors (Lipinski definition) is 0. The third kappa shape index (κ3) is 1.21. The number of aromatic nitrogens is 2. The summed E-state index contributed by atoms with van der Waals surface area (Å²) in [5.74, 6) is 0. The second-order valence-corrected chi connectivity index (χ2v) is 4.43. The van der Waals surface area contributed by atoms with Crippen LogP contribution in [0.1, 0.15) is 11.1 Å². The van der Waals surface area contributed by atoms with Gasteiger partial charge in [-0.25, -0.2) is 9.97 Å². The Hall–Kier alpha value is -2.22. The number of benzene rings is 2. The molecule has 17 heavy (non-hydrogen) atoms. The summed E-state index contributed by atoms with van der Waals surface area (Å²) < 4.78 is 0. The molecule has 1 aliphatic carbocycles. The molecule has 0 amide bonds. The summed E-state index contributed by atoms with van der Waals surface area (Å²) in [6.07, 6.45) is 4.51. The Kier molecular flexibility index (Phi) is 1.64. The summed E-state index contributed by atoms with van der Waals surface area (Å²) in [5.41, 5.74) is 4.96. The molecule has 0 N–H and O–H groups in total. The first kappa shape index (κ1) is 8.88. The Balaban J connectivity index is 2.07. The maximum atomic E-state index is 4.40. The first-order valence-corrected chi connectivity index (χ1v) is 5.73. The molecule has 0 bridgehead atoms. The summed E-state index contributed by atoms with van der Waals surface area (Å²) in [4.78, 5) is 8.49. The molecule has 0 spiro atoms. The molecule has 2 aromatic carbocycles. The molecular weight excluding hydrogens is 208 g/mol. The summed E-state index contributed by atoms with van der Waals surface area (Å²) in [6, 6.07) is 13.0. The third-order valence-electron chi connectivity index (χ3n) is 3.40. The van der Waals surface area contributed by atoms with Crippen molar-refractivity contribution in [2.75, 3.05) is 0 Å². The largest absolute Gasteiger partial charge is 0.244 e. The highest BCUT2D eigenvalue weighted by Gasteiger charge is 2.19. The van der Waals surface area contributed by atoms with E-state index in [9.17, 15) is 0 Å². The van der Waals surface area contributed by atoms with E-state index in [0.29, 0.717) is 0 Å².